The van der Waals surface area contributed by atoms with Crippen molar-refractivity contribution in [2.75, 3.05) is 55.1 Å². The van der Waals surface area contributed by atoms with Crippen molar-refractivity contribution in [1.82, 2.24) is 36.0 Å². The fourth-order valence-corrected chi connectivity index (χ4v) is 10.1. The van der Waals surface area contributed by atoms with Gasteiger partial charge >= 0.3 is 11.9 Å². The fourth-order valence-electron chi connectivity index (χ4n) is 10.1. The van der Waals surface area contributed by atoms with Crippen molar-refractivity contribution >= 4 is 47.4 Å². The Balaban J connectivity index is 1.62. The van der Waals surface area contributed by atoms with Crippen LogP contribution in [0.2, 0.25) is 0 Å². The highest BCUT2D eigenvalue weighted by Crippen LogP contribution is 2.30. The van der Waals surface area contributed by atoms with Gasteiger partial charge < -0.3 is 55.7 Å². The third-order valence-electron chi connectivity index (χ3n) is 14.7. The molecule has 0 spiro atoms. The van der Waals surface area contributed by atoms with Crippen molar-refractivity contribution in [3.8, 4) is 0 Å². The van der Waals surface area contributed by atoms with Crippen LogP contribution in [0.25, 0.3) is 0 Å². The van der Waals surface area contributed by atoms with Crippen LogP contribution in [0, 0.1) is 23.7 Å². The Bertz CT molecular complexity index is 2210. The third kappa shape index (κ3) is 20.4. The molecule has 0 saturated carbocycles. The molecule has 0 aliphatic carbocycles. The number of likely N-dealkylation sites (N-methyl/N-ethyl adjacent to an activating group) is 2. The topological polar surface area (TPSA) is 257 Å². The van der Waals surface area contributed by atoms with Gasteiger partial charge in [-0.3, -0.25) is 38.5 Å². The van der Waals surface area contributed by atoms with Crippen LogP contribution in [0.1, 0.15) is 111 Å². The lowest BCUT2D eigenvalue weighted by atomic mass is 9.89. The van der Waals surface area contributed by atoms with Gasteiger partial charge in [0.25, 0.3) is 0 Å². The molecule has 1 heterocycles. The molecule has 6 N–H and O–H groups in total. The van der Waals surface area contributed by atoms with Gasteiger partial charge in [0.1, 0.15) is 30.8 Å². The number of hydrogen-bond donors (Lipinski definition) is 5. The molecule has 0 bridgehead atoms. The molecule has 11 atom stereocenters. The number of esters is 2. The van der Waals surface area contributed by atoms with E-state index in [9.17, 15) is 38.4 Å². The van der Waals surface area contributed by atoms with Crippen molar-refractivity contribution < 1.29 is 57.3 Å². The van der Waals surface area contributed by atoms with Gasteiger partial charge in [-0.25, -0.2) is 4.79 Å². The van der Waals surface area contributed by atoms with E-state index in [1.807, 2.05) is 121 Å². The van der Waals surface area contributed by atoms with E-state index in [2.05, 4.69) is 21.3 Å². The summed E-state index contributed by atoms with van der Waals surface area (Å²) in [5.74, 6) is -4.56. The van der Waals surface area contributed by atoms with Crippen molar-refractivity contribution in [1.29, 1.82) is 0 Å². The first-order valence-electron chi connectivity index (χ1n) is 27.6. The summed E-state index contributed by atoms with van der Waals surface area (Å²) in [4.78, 5) is 113. The summed E-state index contributed by atoms with van der Waals surface area (Å²) in [7, 11) is 8.41. The maximum absolute atomic E-state index is 14.5. The Labute approximate surface area is 463 Å². The molecular formula is C58H92N8O12. The summed E-state index contributed by atoms with van der Waals surface area (Å²) < 4.78 is 22.7. The maximum atomic E-state index is 14.5. The summed E-state index contributed by atoms with van der Waals surface area (Å²) in [6.07, 6.45) is 0.739. The molecule has 1 aliphatic heterocycles. The average molecular weight is 1090 g/mol. The molecule has 436 valence electrons. The zero-order valence-corrected chi connectivity index (χ0v) is 48.6. The number of nitrogens with two attached hydrogens (primary N) is 1. The van der Waals surface area contributed by atoms with Gasteiger partial charge in [-0.05, 0) is 75.6 Å². The average Bonchev–Trinajstić information content (AvgIpc) is 3.90. The summed E-state index contributed by atoms with van der Waals surface area (Å²) >= 11 is 0. The van der Waals surface area contributed by atoms with Crippen molar-refractivity contribution in [3.05, 3.63) is 71.8 Å². The minimum Gasteiger partial charge on any atom is -0.464 e. The van der Waals surface area contributed by atoms with Crippen LogP contribution in [-0.2, 0) is 70.3 Å². The Kier molecular flexibility index (Phi) is 28.5. The molecule has 20 nitrogen and oxygen atoms in total. The van der Waals surface area contributed by atoms with Gasteiger partial charge in [-0.1, -0.05) is 116 Å². The molecule has 20 heteroatoms. The Morgan fingerprint density at radius 1 is 0.756 bits per heavy atom. The summed E-state index contributed by atoms with van der Waals surface area (Å²) in [5.41, 5.74) is 7.54. The van der Waals surface area contributed by atoms with E-state index in [0.717, 1.165) is 11.1 Å². The molecule has 2 aromatic rings. The van der Waals surface area contributed by atoms with Crippen LogP contribution in [-0.4, -0.2) is 172 Å². The Morgan fingerprint density at radius 2 is 1.38 bits per heavy atom. The normalized spacial score (nSPS) is 17.3. The van der Waals surface area contributed by atoms with Crippen LogP contribution in [0.3, 0.4) is 0 Å². The van der Waals surface area contributed by atoms with Gasteiger partial charge in [0, 0.05) is 47.2 Å². The highest BCUT2D eigenvalue weighted by Gasteiger charge is 2.43. The molecular weight excluding hydrogens is 1000 g/mol. The minimum atomic E-state index is -1.02. The van der Waals surface area contributed by atoms with E-state index in [1.54, 1.807) is 23.8 Å². The number of methoxy groups -OCH3 is 2. The van der Waals surface area contributed by atoms with Crippen molar-refractivity contribution in [2.45, 2.75) is 168 Å². The molecule has 2 aromatic carbocycles. The van der Waals surface area contributed by atoms with Crippen LogP contribution in [0.15, 0.2) is 60.7 Å². The number of rotatable bonds is 33. The van der Waals surface area contributed by atoms with Crippen molar-refractivity contribution in [3.63, 3.8) is 0 Å². The first-order chi connectivity index (χ1) is 37.0. The highest BCUT2D eigenvalue weighted by molar-refractivity contribution is 5.91. The molecule has 78 heavy (non-hydrogen) atoms. The zero-order chi connectivity index (χ0) is 58.2. The molecule has 6 amide bonds. The van der Waals surface area contributed by atoms with Crippen LogP contribution in [0.4, 0.5) is 0 Å². The second-order valence-corrected chi connectivity index (χ2v) is 21.6. The number of carbonyl (C=O) groups is 8. The lowest BCUT2D eigenvalue weighted by Gasteiger charge is -2.41. The molecule has 3 rings (SSSR count). The van der Waals surface area contributed by atoms with E-state index >= 15 is 0 Å². The van der Waals surface area contributed by atoms with Crippen LogP contribution >= 0.6 is 0 Å². The van der Waals surface area contributed by atoms with Crippen LogP contribution in [0.5, 0.6) is 0 Å². The second kappa shape index (κ2) is 33.5. The lowest BCUT2D eigenvalue weighted by Crippen LogP contribution is -2.59. The minimum absolute atomic E-state index is 0.00732. The largest absolute Gasteiger partial charge is 0.464 e. The van der Waals surface area contributed by atoms with E-state index < -0.39 is 90.1 Å². The number of carbonyl (C=O) groups excluding carboxylic acids is 8. The van der Waals surface area contributed by atoms with Gasteiger partial charge in [0.05, 0.1) is 49.3 Å². The number of amides is 6. The SMILES string of the molecule is CC[C@H](C)[C@@H]([C@@H](CC(=O)N1CCC[C@H]1[C@H](OC)[C@@H](C)C(=O)N[C@@H](Cc1ccccc1)C(=O)NCCCOC(=O)[C@H](C)NC(=O)CC[C@H](N)C(=O)OCc1ccccc1)OC)N(C)C(=O)[C@@H](NC(=O)[C@H](C(C)C)N(C)C)C(C)C. The van der Waals surface area contributed by atoms with Gasteiger partial charge in [0.2, 0.25) is 35.4 Å². The maximum Gasteiger partial charge on any atom is 0.328 e. The third-order valence-corrected chi connectivity index (χ3v) is 14.7. The quantitative estimate of drug-likeness (QED) is 0.0504. The molecule has 1 fully saturated rings. The first kappa shape index (κ1) is 66.3. The summed E-state index contributed by atoms with van der Waals surface area (Å²) in [6.45, 7) is 15.5. The zero-order valence-electron chi connectivity index (χ0n) is 48.6. The number of nitrogens with one attached hydrogen (secondary N) is 4. The molecule has 0 radical (unpaired) electrons. The predicted molar refractivity (Wildman–Crippen MR) is 297 cm³/mol. The summed E-state index contributed by atoms with van der Waals surface area (Å²) in [6, 6.07) is 13.1. The number of hydrogen-bond acceptors (Lipinski definition) is 14. The summed E-state index contributed by atoms with van der Waals surface area (Å²) in [5, 5.41) is 11.4. The van der Waals surface area contributed by atoms with Gasteiger partial charge in [0.15, 0.2) is 0 Å². The van der Waals surface area contributed by atoms with E-state index in [0.29, 0.717) is 25.8 Å². The fraction of sp³-hybridized carbons (Fsp3) is 0.655. The first-order valence-corrected chi connectivity index (χ1v) is 27.6. The number of benzene rings is 2. The van der Waals surface area contributed by atoms with E-state index in [-0.39, 0.29) is 87.3 Å². The van der Waals surface area contributed by atoms with Crippen molar-refractivity contribution in [2.24, 2.45) is 29.4 Å². The Hall–Kier alpha value is -5.96. The van der Waals surface area contributed by atoms with Gasteiger partial charge in [-0.15, -0.1) is 0 Å². The number of ether oxygens (including phenoxy) is 4. The highest BCUT2D eigenvalue weighted by atomic mass is 16.5. The molecule has 0 unspecified atom stereocenters. The Morgan fingerprint density at radius 3 is 1.95 bits per heavy atom. The lowest BCUT2D eigenvalue weighted by molar-refractivity contribution is -0.148. The molecule has 1 saturated heterocycles. The second-order valence-electron chi connectivity index (χ2n) is 21.6. The predicted octanol–water partition coefficient (Wildman–Crippen LogP) is 3.77. The van der Waals surface area contributed by atoms with E-state index in [4.69, 9.17) is 24.7 Å². The smallest absolute Gasteiger partial charge is 0.328 e. The van der Waals surface area contributed by atoms with Crippen LogP contribution < -0.4 is 27.0 Å². The van der Waals surface area contributed by atoms with Gasteiger partial charge in [-0.2, -0.15) is 0 Å². The standard InChI is InChI=1S/C58H92N8O12/c1-14-38(6)51(65(11)56(72)49(36(2)3)63-55(71)50(37(4)5)64(9)10)46(75-12)34-48(68)66-31-21-27-45(66)52(76-13)39(7)53(69)62-44(33-41-23-17-15-18-24-41)54(70)60-30-22-32-77-57(73)40(8)61-47(67)29-28-43(59)58(74)78-35-42-25-19-16-20-26-42/h15-20,23-26,36-40,43-46,49-52H,14,21-22,27-35,59H2,1-13H3,(H,60,70)(H,61,67)(H,62,69)(H,63,71)/t38-,39+,40-,43-,44-,45-,46+,49-,50-,51-,52+/m0/s1. The monoisotopic (exact) mass is 1090 g/mol. The number of likely N-dealkylation sites (tertiary alicyclic amines) is 1. The molecule has 0 aromatic heterocycles. The van der Waals surface area contributed by atoms with E-state index in [1.165, 1.54) is 21.1 Å². The number of nitrogens with zero attached hydrogens (tertiary/aromatic N) is 3. The molecule has 1 aliphatic rings.